The smallest absolute Gasteiger partial charge is 0.326 e. The Morgan fingerprint density at radius 1 is 0.889 bits per heavy atom. The SMILES string of the molecule is O=C(CNC(=O)c1cccs1)O[C@@H](C(=O)c1ccccc1)c1ccccc1. The largest absolute Gasteiger partial charge is 0.448 e. The second-order valence-electron chi connectivity index (χ2n) is 5.67. The van der Waals surface area contributed by atoms with Gasteiger partial charge in [0.2, 0.25) is 5.78 Å². The van der Waals surface area contributed by atoms with Gasteiger partial charge in [0, 0.05) is 11.1 Å². The van der Waals surface area contributed by atoms with Crippen molar-refractivity contribution >= 4 is 29.0 Å². The average Bonchev–Trinajstić information content (AvgIpc) is 3.26. The van der Waals surface area contributed by atoms with Crippen molar-refractivity contribution in [2.45, 2.75) is 6.10 Å². The number of amides is 1. The van der Waals surface area contributed by atoms with E-state index in [4.69, 9.17) is 4.74 Å². The average molecular weight is 379 g/mol. The van der Waals surface area contributed by atoms with Gasteiger partial charge >= 0.3 is 5.97 Å². The molecule has 0 aliphatic rings. The Morgan fingerprint density at radius 3 is 2.19 bits per heavy atom. The second kappa shape index (κ2) is 8.91. The number of carbonyl (C=O) groups excluding carboxylic acids is 3. The number of thiophene rings is 1. The Kier molecular flexibility index (Phi) is 6.12. The predicted octanol–water partition coefficient (Wildman–Crippen LogP) is 3.65. The molecule has 1 atom stereocenters. The van der Waals surface area contributed by atoms with Gasteiger partial charge in [-0.15, -0.1) is 11.3 Å². The molecule has 136 valence electrons. The second-order valence-corrected chi connectivity index (χ2v) is 6.62. The number of nitrogens with one attached hydrogen (secondary N) is 1. The molecule has 1 N–H and O–H groups in total. The van der Waals surface area contributed by atoms with Crippen LogP contribution in [-0.2, 0) is 9.53 Å². The summed E-state index contributed by atoms with van der Waals surface area (Å²) in [7, 11) is 0. The van der Waals surface area contributed by atoms with E-state index in [9.17, 15) is 14.4 Å². The molecule has 3 aromatic rings. The van der Waals surface area contributed by atoms with Crippen molar-refractivity contribution in [2.75, 3.05) is 6.54 Å². The van der Waals surface area contributed by atoms with E-state index in [1.54, 1.807) is 72.1 Å². The molecular weight excluding hydrogens is 362 g/mol. The number of hydrogen-bond acceptors (Lipinski definition) is 5. The first kappa shape index (κ1) is 18.5. The van der Waals surface area contributed by atoms with Crippen LogP contribution in [0.4, 0.5) is 0 Å². The highest BCUT2D eigenvalue weighted by atomic mass is 32.1. The molecule has 0 spiro atoms. The first-order chi connectivity index (χ1) is 13.1. The van der Waals surface area contributed by atoms with E-state index in [1.807, 2.05) is 6.07 Å². The molecule has 6 heteroatoms. The summed E-state index contributed by atoms with van der Waals surface area (Å²) in [5.41, 5.74) is 1.02. The third kappa shape index (κ3) is 4.89. The van der Waals surface area contributed by atoms with E-state index in [2.05, 4.69) is 5.32 Å². The van der Waals surface area contributed by atoms with Gasteiger partial charge in [-0.1, -0.05) is 66.7 Å². The maximum atomic E-state index is 12.8. The van der Waals surface area contributed by atoms with Gasteiger partial charge in [0.05, 0.1) is 4.88 Å². The van der Waals surface area contributed by atoms with E-state index in [-0.39, 0.29) is 18.2 Å². The molecule has 2 aromatic carbocycles. The van der Waals surface area contributed by atoms with Crippen LogP contribution < -0.4 is 5.32 Å². The van der Waals surface area contributed by atoms with E-state index in [0.717, 1.165) is 0 Å². The predicted molar refractivity (Wildman–Crippen MR) is 103 cm³/mol. The molecule has 1 amide bonds. The molecule has 3 rings (SSSR count). The molecule has 0 bridgehead atoms. The van der Waals surface area contributed by atoms with Gasteiger partial charge in [0.15, 0.2) is 6.10 Å². The van der Waals surface area contributed by atoms with Crippen molar-refractivity contribution < 1.29 is 19.1 Å². The third-order valence-electron chi connectivity index (χ3n) is 3.79. The minimum Gasteiger partial charge on any atom is -0.448 e. The standard InChI is InChI=1S/C21H17NO4S/c23-18(14-22-21(25)17-12-7-13-27-17)26-20(16-10-5-2-6-11-16)19(24)15-8-3-1-4-9-15/h1-13,20H,14H2,(H,22,25)/t20-/m1/s1. The van der Waals surface area contributed by atoms with Gasteiger partial charge < -0.3 is 10.1 Å². The summed E-state index contributed by atoms with van der Waals surface area (Å²) < 4.78 is 5.42. The highest BCUT2D eigenvalue weighted by molar-refractivity contribution is 7.12. The first-order valence-corrected chi connectivity index (χ1v) is 9.18. The fourth-order valence-corrected chi connectivity index (χ4v) is 3.12. The van der Waals surface area contributed by atoms with E-state index < -0.39 is 12.1 Å². The van der Waals surface area contributed by atoms with Crippen molar-refractivity contribution in [2.24, 2.45) is 0 Å². The Hall–Kier alpha value is -3.25. The van der Waals surface area contributed by atoms with Crippen LogP contribution in [0.25, 0.3) is 0 Å². The van der Waals surface area contributed by atoms with Crippen LogP contribution in [0.15, 0.2) is 78.2 Å². The number of ketones is 1. The minimum absolute atomic E-state index is 0.317. The number of benzene rings is 2. The lowest BCUT2D eigenvalue weighted by Crippen LogP contribution is -2.32. The van der Waals surface area contributed by atoms with Crippen LogP contribution in [0.3, 0.4) is 0 Å². The van der Waals surface area contributed by atoms with Crippen LogP contribution in [0.2, 0.25) is 0 Å². The van der Waals surface area contributed by atoms with Gasteiger partial charge in [0.25, 0.3) is 5.91 Å². The normalized spacial score (nSPS) is 11.4. The summed E-state index contributed by atoms with van der Waals surface area (Å²) in [5.74, 6) is -1.36. The van der Waals surface area contributed by atoms with Crippen molar-refractivity contribution in [3.63, 3.8) is 0 Å². The van der Waals surface area contributed by atoms with Crippen molar-refractivity contribution in [3.05, 3.63) is 94.2 Å². The molecule has 5 nitrogen and oxygen atoms in total. The van der Waals surface area contributed by atoms with Crippen molar-refractivity contribution in [1.29, 1.82) is 0 Å². The quantitative estimate of drug-likeness (QED) is 0.502. The lowest BCUT2D eigenvalue weighted by atomic mass is 10.00. The minimum atomic E-state index is -1.07. The molecule has 1 heterocycles. The Bertz CT molecular complexity index is 908. The van der Waals surface area contributed by atoms with Crippen LogP contribution in [0.5, 0.6) is 0 Å². The number of ether oxygens (including phenoxy) is 1. The van der Waals surface area contributed by atoms with Crippen molar-refractivity contribution in [3.8, 4) is 0 Å². The summed E-state index contributed by atoms with van der Waals surface area (Å²) in [4.78, 5) is 37.5. The number of esters is 1. The maximum absolute atomic E-state index is 12.8. The zero-order valence-electron chi connectivity index (χ0n) is 14.3. The third-order valence-corrected chi connectivity index (χ3v) is 4.65. The summed E-state index contributed by atoms with van der Waals surface area (Å²) >= 11 is 1.28. The van der Waals surface area contributed by atoms with E-state index in [1.165, 1.54) is 11.3 Å². The van der Waals surface area contributed by atoms with Gasteiger partial charge in [-0.25, -0.2) is 0 Å². The Balaban J connectivity index is 1.70. The molecule has 0 fully saturated rings. The molecule has 0 aliphatic carbocycles. The zero-order chi connectivity index (χ0) is 19.1. The molecular formula is C21H17NO4S. The highest BCUT2D eigenvalue weighted by Gasteiger charge is 2.26. The van der Waals surface area contributed by atoms with Crippen LogP contribution in [0, 0.1) is 0 Å². The fraction of sp³-hybridized carbons (Fsp3) is 0.0952. The van der Waals surface area contributed by atoms with Gasteiger partial charge in [0.1, 0.15) is 6.54 Å². The molecule has 0 aliphatic heterocycles. The van der Waals surface area contributed by atoms with Gasteiger partial charge in [-0.3, -0.25) is 14.4 Å². The topological polar surface area (TPSA) is 72.5 Å². The molecule has 0 radical (unpaired) electrons. The number of Topliss-reactive ketones (excluding diaryl/α,β-unsaturated/α-hetero) is 1. The van der Waals surface area contributed by atoms with Gasteiger partial charge in [-0.05, 0) is 11.4 Å². The summed E-state index contributed by atoms with van der Waals surface area (Å²) in [6.07, 6.45) is -1.07. The maximum Gasteiger partial charge on any atom is 0.326 e. The Labute approximate surface area is 160 Å². The lowest BCUT2D eigenvalue weighted by Gasteiger charge is -2.17. The van der Waals surface area contributed by atoms with Crippen LogP contribution in [-0.4, -0.2) is 24.2 Å². The summed E-state index contributed by atoms with van der Waals surface area (Å²) in [5, 5.41) is 4.28. The van der Waals surface area contributed by atoms with E-state index in [0.29, 0.717) is 16.0 Å². The van der Waals surface area contributed by atoms with Crippen LogP contribution >= 0.6 is 11.3 Å². The van der Waals surface area contributed by atoms with Crippen molar-refractivity contribution in [1.82, 2.24) is 5.32 Å². The molecule has 1 aromatic heterocycles. The Morgan fingerprint density at radius 2 is 1.56 bits per heavy atom. The lowest BCUT2D eigenvalue weighted by molar-refractivity contribution is -0.146. The highest BCUT2D eigenvalue weighted by Crippen LogP contribution is 2.22. The molecule has 27 heavy (non-hydrogen) atoms. The number of hydrogen-bond donors (Lipinski definition) is 1. The fourth-order valence-electron chi connectivity index (χ4n) is 2.47. The number of rotatable bonds is 7. The number of carbonyl (C=O) groups is 3. The summed E-state index contributed by atoms with van der Waals surface area (Å²) in [6, 6.07) is 20.9. The van der Waals surface area contributed by atoms with Gasteiger partial charge in [-0.2, -0.15) is 0 Å². The molecule has 0 saturated carbocycles. The molecule has 0 saturated heterocycles. The monoisotopic (exact) mass is 379 g/mol. The molecule has 0 unspecified atom stereocenters. The zero-order valence-corrected chi connectivity index (χ0v) is 15.1. The summed E-state index contributed by atoms with van der Waals surface area (Å²) in [6.45, 7) is -0.317. The van der Waals surface area contributed by atoms with E-state index >= 15 is 0 Å². The first-order valence-electron chi connectivity index (χ1n) is 8.30. The van der Waals surface area contributed by atoms with Crippen LogP contribution in [0.1, 0.15) is 31.7 Å².